The van der Waals surface area contributed by atoms with Gasteiger partial charge in [0.1, 0.15) is 5.92 Å². The standard InChI is InChI=1S/C17H22N3O3/c1-10-9-13(19-16(22)12(3)15(18)21)6-7-14(10)17(23)20-8-4-5-11(20)2/h6-7,9,11H,4-5,8H2,1-3H3,(H2,18,21)(H,19,22). The van der Waals surface area contributed by atoms with Crippen molar-refractivity contribution < 1.29 is 14.4 Å². The smallest absolute Gasteiger partial charge is 0.254 e. The van der Waals surface area contributed by atoms with E-state index < -0.39 is 11.8 Å². The predicted molar refractivity (Wildman–Crippen MR) is 87.7 cm³/mol. The van der Waals surface area contributed by atoms with Gasteiger partial charge in [-0.15, -0.1) is 0 Å². The molecule has 1 aromatic carbocycles. The number of carbonyl (C=O) groups excluding carboxylic acids is 3. The van der Waals surface area contributed by atoms with Crippen LogP contribution >= 0.6 is 0 Å². The first kappa shape index (κ1) is 17.0. The number of benzene rings is 1. The van der Waals surface area contributed by atoms with Crippen LogP contribution in [0.1, 0.15) is 42.6 Å². The lowest BCUT2D eigenvalue weighted by atomic mass is 10.1. The van der Waals surface area contributed by atoms with E-state index in [1.165, 1.54) is 6.92 Å². The van der Waals surface area contributed by atoms with Gasteiger partial charge in [0.2, 0.25) is 11.8 Å². The fourth-order valence-electron chi connectivity index (χ4n) is 2.71. The minimum absolute atomic E-state index is 0.0188. The lowest BCUT2D eigenvalue weighted by Crippen LogP contribution is -2.34. The van der Waals surface area contributed by atoms with Gasteiger partial charge in [0.05, 0.1) is 0 Å². The van der Waals surface area contributed by atoms with Crippen molar-refractivity contribution in [3.63, 3.8) is 0 Å². The number of hydrogen-bond donors (Lipinski definition) is 2. The van der Waals surface area contributed by atoms with Crippen LogP contribution < -0.4 is 11.1 Å². The molecule has 0 saturated carbocycles. The van der Waals surface area contributed by atoms with Crippen molar-refractivity contribution in [2.75, 3.05) is 11.9 Å². The Morgan fingerprint density at radius 1 is 1.30 bits per heavy atom. The van der Waals surface area contributed by atoms with Crippen molar-refractivity contribution in [1.29, 1.82) is 0 Å². The third-order valence-corrected chi connectivity index (χ3v) is 4.24. The van der Waals surface area contributed by atoms with E-state index in [1.54, 1.807) is 18.2 Å². The van der Waals surface area contributed by atoms with E-state index in [4.69, 9.17) is 5.73 Å². The molecule has 3 amide bonds. The van der Waals surface area contributed by atoms with Crippen LogP contribution in [0.4, 0.5) is 5.69 Å². The van der Waals surface area contributed by atoms with E-state index in [2.05, 4.69) is 12.2 Å². The van der Waals surface area contributed by atoms with Gasteiger partial charge in [-0.2, -0.15) is 0 Å². The Kier molecular flexibility index (Phi) is 5.03. The molecule has 1 saturated heterocycles. The second kappa shape index (κ2) is 6.81. The maximum atomic E-state index is 12.6. The molecule has 2 rings (SSSR count). The number of rotatable bonds is 4. The Hall–Kier alpha value is -2.37. The zero-order chi connectivity index (χ0) is 17.1. The number of hydrogen-bond acceptors (Lipinski definition) is 3. The van der Waals surface area contributed by atoms with E-state index in [9.17, 15) is 14.4 Å². The van der Waals surface area contributed by atoms with Crippen LogP contribution in [0.25, 0.3) is 0 Å². The molecular formula is C17H22N3O3. The molecule has 1 aliphatic rings. The Morgan fingerprint density at radius 2 is 2.00 bits per heavy atom. The highest BCUT2D eigenvalue weighted by Crippen LogP contribution is 2.23. The number of nitrogens with one attached hydrogen (secondary N) is 1. The quantitative estimate of drug-likeness (QED) is 0.827. The number of anilines is 1. The van der Waals surface area contributed by atoms with Crippen LogP contribution in [0.2, 0.25) is 0 Å². The third-order valence-electron chi connectivity index (χ3n) is 4.24. The Morgan fingerprint density at radius 3 is 2.52 bits per heavy atom. The predicted octanol–water partition coefficient (Wildman–Crippen LogP) is 1.64. The van der Waals surface area contributed by atoms with E-state index >= 15 is 0 Å². The molecule has 0 aliphatic carbocycles. The first-order valence-corrected chi connectivity index (χ1v) is 7.67. The SMILES string of the molecule is C[C](C(N)=O)C(=O)Nc1ccc(C(=O)N2CCCC2C)c(C)c1. The highest BCUT2D eigenvalue weighted by atomic mass is 16.2. The van der Waals surface area contributed by atoms with Crippen LogP contribution in [-0.2, 0) is 9.59 Å². The molecule has 1 atom stereocenters. The van der Waals surface area contributed by atoms with Crippen molar-refractivity contribution in [1.82, 2.24) is 4.90 Å². The third kappa shape index (κ3) is 3.70. The molecule has 1 aliphatic heterocycles. The summed E-state index contributed by atoms with van der Waals surface area (Å²) in [5.41, 5.74) is 7.02. The average molecular weight is 316 g/mol. The Bertz CT molecular complexity index is 642. The summed E-state index contributed by atoms with van der Waals surface area (Å²) >= 11 is 0. The number of amides is 3. The van der Waals surface area contributed by atoms with Crippen LogP contribution in [0, 0.1) is 12.8 Å². The molecule has 1 fully saturated rings. The van der Waals surface area contributed by atoms with Crippen LogP contribution in [0.5, 0.6) is 0 Å². The largest absolute Gasteiger partial charge is 0.369 e. The molecule has 0 bridgehead atoms. The second-order valence-electron chi connectivity index (χ2n) is 5.96. The van der Waals surface area contributed by atoms with Gasteiger partial charge in [-0.05, 0) is 57.4 Å². The highest BCUT2D eigenvalue weighted by molar-refractivity contribution is 6.18. The van der Waals surface area contributed by atoms with Crippen LogP contribution in [-0.4, -0.2) is 35.2 Å². The van der Waals surface area contributed by atoms with Crippen molar-refractivity contribution in [3.8, 4) is 0 Å². The van der Waals surface area contributed by atoms with Gasteiger partial charge >= 0.3 is 0 Å². The van der Waals surface area contributed by atoms with Crippen LogP contribution in [0.3, 0.4) is 0 Å². The van der Waals surface area contributed by atoms with Crippen LogP contribution in [0.15, 0.2) is 18.2 Å². The summed E-state index contributed by atoms with van der Waals surface area (Å²) in [7, 11) is 0. The van der Waals surface area contributed by atoms with E-state index in [-0.39, 0.29) is 17.9 Å². The number of aryl methyl sites for hydroxylation is 1. The lowest BCUT2D eigenvalue weighted by molar-refractivity contribution is -0.122. The fourth-order valence-corrected chi connectivity index (χ4v) is 2.71. The normalized spacial score (nSPS) is 17.4. The first-order chi connectivity index (χ1) is 10.8. The minimum atomic E-state index is -0.756. The second-order valence-corrected chi connectivity index (χ2v) is 5.96. The number of carbonyl (C=O) groups is 3. The zero-order valence-corrected chi connectivity index (χ0v) is 13.7. The van der Waals surface area contributed by atoms with Gasteiger partial charge in [0.25, 0.3) is 5.91 Å². The van der Waals surface area contributed by atoms with E-state index in [1.807, 2.05) is 11.8 Å². The molecule has 0 spiro atoms. The summed E-state index contributed by atoms with van der Waals surface area (Å²) in [6.07, 6.45) is 2.06. The topological polar surface area (TPSA) is 92.5 Å². The maximum absolute atomic E-state index is 12.6. The molecule has 23 heavy (non-hydrogen) atoms. The van der Waals surface area contributed by atoms with E-state index in [0.717, 1.165) is 24.9 Å². The molecule has 1 heterocycles. The molecule has 6 heteroatoms. The summed E-state index contributed by atoms with van der Waals surface area (Å²) in [4.78, 5) is 37.3. The molecule has 3 N–H and O–H groups in total. The summed E-state index contributed by atoms with van der Waals surface area (Å²) < 4.78 is 0. The monoisotopic (exact) mass is 316 g/mol. The number of nitrogens with two attached hydrogens (primary N) is 1. The van der Waals surface area contributed by atoms with E-state index in [0.29, 0.717) is 11.3 Å². The summed E-state index contributed by atoms with van der Waals surface area (Å²) in [5, 5.41) is 2.61. The van der Waals surface area contributed by atoms with Gasteiger partial charge in [-0.3, -0.25) is 14.4 Å². The summed E-state index contributed by atoms with van der Waals surface area (Å²) in [6.45, 7) is 6.04. The fraction of sp³-hybridized carbons (Fsp3) is 0.412. The molecule has 1 unspecified atom stereocenters. The molecule has 123 valence electrons. The van der Waals surface area contributed by atoms with Crippen molar-refractivity contribution in [2.24, 2.45) is 5.73 Å². The number of primary amides is 1. The molecule has 1 aromatic rings. The highest BCUT2D eigenvalue weighted by Gasteiger charge is 2.27. The van der Waals surface area contributed by atoms with Crippen molar-refractivity contribution in [3.05, 3.63) is 35.2 Å². The Balaban J connectivity index is 2.13. The van der Waals surface area contributed by atoms with Gasteiger partial charge in [-0.1, -0.05) is 0 Å². The first-order valence-electron chi connectivity index (χ1n) is 7.67. The lowest BCUT2D eigenvalue weighted by Gasteiger charge is -2.22. The molecule has 1 radical (unpaired) electrons. The average Bonchev–Trinajstić information content (AvgIpc) is 2.92. The Labute approximate surface area is 136 Å². The maximum Gasteiger partial charge on any atom is 0.254 e. The molecular weight excluding hydrogens is 294 g/mol. The van der Waals surface area contributed by atoms with Gasteiger partial charge < -0.3 is 16.0 Å². The molecule has 6 nitrogen and oxygen atoms in total. The number of likely N-dealkylation sites (tertiary alicyclic amines) is 1. The van der Waals surface area contributed by atoms with Crippen molar-refractivity contribution in [2.45, 2.75) is 39.7 Å². The minimum Gasteiger partial charge on any atom is -0.369 e. The van der Waals surface area contributed by atoms with Crippen molar-refractivity contribution >= 4 is 23.4 Å². The number of nitrogens with zero attached hydrogens (tertiary/aromatic N) is 1. The van der Waals surface area contributed by atoms with Gasteiger partial charge in [0.15, 0.2) is 0 Å². The summed E-state index contributed by atoms with van der Waals surface area (Å²) in [5.74, 6) is -1.34. The van der Waals surface area contributed by atoms with Gasteiger partial charge in [0, 0.05) is 23.8 Å². The zero-order valence-electron chi connectivity index (χ0n) is 13.7. The summed E-state index contributed by atoms with van der Waals surface area (Å²) in [6, 6.07) is 5.35. The van der Waals surface area contributed by atoms with Gasteiger partial charge in [-0.25, -0.2) is 0 Å². The molecule has 0 aromatic heterocycles.